The molecule has 0 saturated heterocycles. The number of carbonyl (C=O) groups is 2. The van der Waals surface area contributed by atoms with Gasteiger partial charge in [0.05, 0.1) is 12.0 Å². The van der Waals surface area contributed by atoms with E-state index < -0.39 is 5.60 Å². The standard InChI is InChI=1S/C19H26N2O3/c22-17(13-19(24)11-3-4-12-19)20-16-9-7-14(8-10-16)18(23)21-15-5-1-2-6-15/h7-10,15,24H,1-6,11-13H2,(H,20,22)(H,21,23). The van der Waals surface area contributed by atoms with Gasteiger partial charge in [-0.15, -0.1) is 0 Å². The van der Waals surface area contributed by atoms with Crippen LogP contribution < -0.4 is 10.6 Å². The van der Waals surface area contributed by atoms with Crippen molar-refractivity contribution in [3.63, 3.8) is 0 Å². The third-order valence-corrected chi connectivity index (χ3v) is 5.15. The summed E-state index contributed by atoms with van der Waals surface area (Å²) in [6.45, 7) is 0. The summed E-state index contributed by atoms with van der Waals surface area (Å²) in [4.78, 5) is 24.2. The molecule has 2 aliphatic carbocycles. The summed E-state index contributed by atoms with van der Waals surface area (Å²) in [5.74, 6) is -0.234. The highest BCUT2D eigenvalue weighted by atomic mass is 16.3. The van der Waals surface area contributed by atoms with Crippen molar-refractivity contribution in [2.45, 2.75) is 69.4 Å². The van der Waals surface area contributed by atoms with Gasteiger partial charge in [-0.25, -0.2) is 0 Å². The lowest BCUT2D eigenvalue weighted by Gasteiger charge is -2.21. The van der Waals surface area contributed by atoms with Gasteiger partial charge in [0.2, 0.25) is 5.91 Å². The van der Waals surface area contributed by atoms with Crippen LogP contribution in [0.5, 0.6) is 0 Å². The van der Waals surface area contributed by atoms with Crippen molar-refractivity contribution in [1.82, 2.24) is 5.32 Å². The molecule has 0 radical (unpaired) electrons. The first kappa shape index (κ1) is 17.0. The number of hydrogen-bond donors (Lipinski definition) is 3. The van der Waals surface area contributed by atoms with Gasteiger partial charge >= 0.3 is 0 Å². The van der Waals surface area contributed by atoms with Crippen molar-refractivity contribution < 1.29 is 14.7 Å². The van der Waals surface area contributed by atoms with Gasteiger partial charge in [-0.2, -0.15) is 0 Å². The van der Waals surface area contributed by atoms with E-state index in [-0.39, 0.29) is 18.2 Å². The first-order valence-corrected chi connectivity index (χ1v) is 8.97. The van der Waals surface area contributed by atoms with Crippen molar-refractivity contribution in [3.8, 4) is 0 Å². The van der Waals surface area contributed by atoms with E-state index in [0.717, 1.165) is 25.7 Å². The summed E-state index contributed by atoms with van der Waals surface area (Å²) in [5.41, 5.74) is 0.416. The summed E-state index contributed by atoms with van der Waals surface area (Å²) < 4.78 is 0. The molecule has 130 valence electrons. The molecular weight excluding hydrogens is 304 g/mol. The van der Waals surface area contributed by atoms with Gasteiger partial charge in [-0.3, -0.25) is 9.59 Å². The van der Waals surface area contributed by atoms with Crippen LogP contribution in [0.25, 0.3) is 0 Å². The topological polar surface area (TPSA) is 78.4 Å². The van der Waals surface area contributed by atoms with Gasteiger partial charge in [-0.05, 0) is 49.9 Å². The minimum atomic E-state index is -0.842. The molecule has 3 N–H and O–H groups in total. The minimum absolute atomic E-state index is 0.0555. The fourth-order valence-electron chi connectivity index (χ4n) is 3.76. The Balaban J connectivity index is 1.52. The molecule has 0 aliphatic heterocycles. The van der Waals surface area contributed by atoms with Gasteiger partial charge in [0.1, 0.15) is 0 Å². The van der Waals surface area contributed by atoms with Gasteiger partial charge < -0.3 is 15.7 Å². The molecule has 2 saturated carbocycles. The molecule has 2 amide bonds. The third-order valence-electron chi connectivity index (χ3n) is 5.15. The Morgan fingerprint density at radius 3 is 2.29 bits per heavy atom. The fourth-order valence-corrected chi connectivity index (χ4v) is 3.76. The summed E-state index contributed by atoms with van der Waals surface area (Å²) in [6.07, 6.45) is 7.97. The first-order chi connectivity index (χ1) is 11.5. The van der Waals surface area contributed by atoms with E-state index in [1.807, 2.05) is 0 Å². The quantitative estimate of drug-likeness (QED) is 0.776. The summed E-state index contributed by atoms with van der Waals surface area (Å²) >= 11 is 0. The normalized spacial score (nSPS) is 20.0. The lowest BCUT2D eigenvalue weighted by Crippen LogP contribution is -2.32. The maximum atomic E-state index is 12.2. The van der Waals surface area contributed by atoms with Gasteiger partial charge in [0, 0.05) is 17.3 Å². The van der Waals surface area contributed by atoms with E-state index in [9.17, 15) is 14.7 Å². The molecule has 5 nitrogen and oxygen atoms in total. The SMILES string of the molecule is O=C(CC1(O)CCCC1)Nc1ccc(C(=O)NC2CCCC2)cc1. The molecule has 2 aliphatic rings. The number of carbonyl (C=O) groups excluding carboxylic acids is 2. The van der Waals surface area contributed by atoms with E-state index in [2.05, 4.69) is 10.6 Å². The summed E-state index contributed by atoms with van der Waals surface area (Å²) in [5, 5.41) is 16.1. The highest BCUT2D eigenvalue weighted by molar-refractivity contribution is 5.96. The fraction of sp³-hybridized carbons (Fsp3) is 0.579. The van der Waals surface area contributed by atoms with Crippen molar-refractivity contribution in [3.05, 3.63) is 29.8 Å². The second kappa shape index (κ2) is 7.34. The van der Waals surface area contributed by atoms with Crippen LogP contribution in [-0.2, 0) is 4.79 Å². The number of rotatable bonds is 5. The number of anilines is 1. The Kier molecular flexibility index (Phi) is 5.19. The maximum Gasteiger partial charge on any atom is 0.251 e. The first-order valence-electron chi connectivity index (χ1n) is 8.97. The second-order valence-electron chi connectivity index (χ2n) is 7.19. The summed E-state index contributed by atoms with van der Waals surface area (Å²) in [6, 6.07) is 7.22. The predicted molar refractivity (Wildman–Crippen MR) is 92.8 cm³/mol. The minimum Gasteiger partial charge on any atom is -0.389 e. The molecule has 2 fully saturated rings. The van der Waals surface area contributed by atoms with Crippen LogP contribution in [0.1, 0.15) is 68.1 Å². The highest BCUT2D eigenvalue weighted by Gasteiger charge is 2.33. The molecule has 1 aromatic carbocycles. The van der Waals surface area contributed by atoms with Crippen LogP contribution in [0.2, 0.25) is 0 Å². The van der Waals surface area contributed by atoms with Crippen LogP contribution in [0.15, 0.2) is 24.3 Å². The van der Waals surface area contributed by atoms with Crippen molar-refractivity contribution in [1.29, 1.82) is 0 Å². The average Bonchev–Trinajstić information content (AvgIpc) is 3.19. The number of hydrogen-bond acceptors (Lipinski definition) is 3. The van der Waals surface area contributed by atoms with Crippen molar-refractivity contribution in [2.75, 3.05) is 5.32 Å². The number of amides is 2. The molecule has 0 unspecified atom stereocenters. The van der Waals surface area contributed by atoms with E-state index in [1.165, 1.54) is 12.8 Å². The highest BCUT2D eigenvalue weighted by Crippen LogP contribution is 2.32. The monoisotopic (exact) mass is 330 g/mol. The van der Waals surface area contributed by atoms with Crippen LogP contribution in [0.4, 0.5) is 5.69 Å². The molecular formula is C19H26N2O3. The van der Waals surface area contributed by atoms with Crippen LogP contribution in [0, 0.1) is 0 Å². The Labute approximate surface area is 142 Å². The molecule has 24 heavy (non-hydrogen) atoms. The lowest BCUT2D eigenvalue weighted by atomic mass is 9.97. The zero-order valence-corrected chi connectivity index (χ0v) is 14.0. The molecule has 0 spiro atoms. The zero-order valence-electron chi connectivity index (χ0n) is 14.0. The number of benzene rings is 1. The smallest absolute Gasteiger partial charge is 0.251 e. The van der Waals surface area contributed by atoms with Gasteiger partial charge in [0.25, 0.3) is 5.91 Å². The zero-order chi connectivity index (χ0) is 17.0. The second-order valence-corrected chi connectivity index (χ2v) is 7.19. The molecule has 0 aromatic heterocycles. The van der Waals surface area contributed by atoms with E-state index in [1.54, 1.807) is 24.3 Å². The Hall–Kier alpha value is -1.88. The summed E-state index contributed by atoms with van der Waals surface area (Å²) in [7, 11) is 0. The van der Waals surface area contributed by atoms with Crippen LogP contribution >= 0.6 is 0 Å². The average molecular weight is 330 g/mol. The maximum absolute atomic E-state index is 12.2. The Morgan fingerprint density at radius 2 is 1.67 bits per heavy atom. The van der Waals surface area contributed by atoms with Crippen molar-refractivity contribution in [2.24, 2.45) is 0 Å². The van der Waals surface area contributed by atoms with E-state index in [0.29, 0.717) is 30.1 Å². The van der Waals surface area contributed by atoms with Gasteiger partial charge in [0.15, 0.2) is 0 Å². The number of aliphatic hydroxyl groups is 1. The molecule has 1 aromatic rings. The molecule has 5 heteroatoms. The van der Waals surface area contributed by atoms with Crippen LogP contribution in [0.3, 0.4) is 0 Å². The Bertz CT molecular complexity index is 585. The largest absolute Gasteiger partial charge is 0.389 e. The lowest BCUT2D eigenvalue weighted by molar-refractivity contribution is -0.120. The van der Waals surface area contributed by atoms with E-state index in [4.69, 9.17) is 0 Å². The molecule has 0 bridgehead atoms. The molecule has 0 atom stereocenters. The van der Waals surface area contributed by atoms with Crippen molar-refractivity contribution >= 4 is 17.5 Å². The molecule has 3 rings (SSSR count). The Morgan fingerprint density at radius 1 is 1.04 bits per heavy atom. The third kappa shape index (κ3) is 4.35. The van der Waals surface area contributed by atoms with E-state index >= 15 is 0 Å². The van der Waals surface area contributed by atoms with Gasteiger partial charge in [-0.1, -0.05) is 25.7 Å². The van der Waals surface area contributed by atoms with Crippen LogP contribution in [-0.4, -0.2) is 28.6 Å². The number of nitrogens with one attached hydrogen (secondary N) is 2. The molecule has 0 heterocycles. The predicted octanol–water partition coefficient (Wildman–Crippen LogP) is 2.99.